The Kier molecular flexibility index (Phi) is 11.1. The molecule has 0 aromatic heterocycles. The summed E-state index contributed by atoms with van der Waals surface area (Å²) in [4.78, 5) is 12.9. The van der Waals surface area contributed by atoms with E-state index in [0.29, 0.717) is 41.0 Å². The van der Waals surface area contributed by atoms with Crippen LogP contribution in [-0.4, -0.2) is 35.6 Å². The second-order valence-corrected chi connectivity index (χ2v) is 25.6. The fraction of sp³-hybridized carbons (Fsp3) is 0.615. The van der Waals surface area contributed by atoms with Gasteiger partial charge in [-0.1, -0.05) is 142 Å². The molecule has 0 spiro atoms. The minimum Gasteiger partial charge on any atom is -0.413 e. The van der Waals surface area contributed by atoms with Crippen molar-refractivity contribution in [3.05, 3.63) is 72.3 Å². The summed E-state index contributed by atoms with van der Waals surface area (Å²) < 4.78 is 15.1. The van der Waals surface area contributed by atoms with Crippen molar-refractivity contribution in [3.63, 3.8) is 0 Å². The fourth-order valence-electron chi connectivity index (χ4n) is 9.57. The highest BCUT2D eigenvalue weighted by Crippen LogP contribution is 2.52. The smallest absolute Gasteiger partial charge is 0.261 e. The van der Waals surface area contributed by atoms with Gasteiger partial charge in [0.15, 0.2) is 0 Å². The maximum absolute atomic E-state index is 12.9. The number of allylic oxidation sites excluding steroid dienone is 1. The quantitative estimate of drug-likeness (QED) is 0.141. The first-order valence-electron chi connectivity index (χ1n) is 17.3. The average Bonchev–Trinajstić information content (AvgIpc) is 2.96. The minimum atomic E-state index is -2.74. The van der Waals surface area contributed by atoms with Crippen LogP contribution in [0.25, 0.3) is 0 Å². The number of rotatable bonds is 11. The molecule has 4 rings (SSSR count). The first-order valence-corrected chi connectivity index (χ1v) is 21.3. The van der Waals surface area contributed by atoms with Crippen molar-refractivity contribution in [3.8, 4) is 0 Å². The number of carbonyl (C=O) groups excluding carboxylic acids is 1. The first kappa shape index (κ1) is 35.1. The molecule has 0 saturated heterocycles. The Bertz CT molecular complexity index is 1190. The largest absolute Gasteiger partial charge is 0.413 e. The molecule has 1 saturated carbocycles. The third kappa shape index (κ3) is 6.28. The van der Waals surface area contributed by atoms with Crippen molar-refractivity contribution in [1.82, 2.24) is 0 Å². The van der Waals surface area contributed by atoms with Gasteiger partial charge in [-0.05, 0) is 69.6 Å². The van der Waals surface area contributed by atoms with Gasteiger partial charge in [0, 0.05) is 18.4 Å². The monoisotopic (exact) mass is 632 g/mol. The normalized spacial score (nSPS) is 26.5. The highest BCUT2D eigenvalue weighted by atomic mass is 28.4. The number of aldehydes is 1. The summed E-state index contributed by atoms with van der Waals surface area (Å²) in [6.07, 6.45) is 6.10. The summed E-state index contributed by atoms with van der Waals surface area (Å²) in [6, 6.07) is 21.8. The highest BCUT2D eigenvalue weighted by molar-refractivity contribution is 6.99. The third-order valence-electron chi connectivity index (χ3n) is 11.5. The van der Waals surface area contributed by atoms with Crippen molar-refractivity contribution in [2.45, 2.75) is 117 Å². The van der Waals surface area contributed by atoms with Crippen LogP contribution in [-0.2, 0) is 13.6 Å². The van der Waals surface area contributed by atoms with Crippen molar-refractivity contribution in [2.24, 2.45) is 29.6 Å². The molecule has 2 aromatic rings. The topological polar surface area (TPSA) is 35.5 Å². The standard InChI is InChI=1S/C39H60O3Si2/c1-27(2)43(28(3)4,29(5)6)42-37-23-22-30(7)38-34(37)24-31(8)35(25-40)36(38)26-41-44(39(9,10)11,32-18-14-12-15-19-32)33-20-16-13-17-21-33/h12-21,24-25,27-30,34-38H,22-23,26H2,1-11H3/t30-,34-,35+,36+,37-,38+/m0/s1. The van der Waals surface area contributed by atoms with Crippen LogP contribution < -0.4 is 10.4 Å². The SMILES string of the molecule is CC1=C[C@@H]2[C@H]([C@H](CO[Si](c3ccccc3)(c3ccccc3)C(C)(C)C)[C@@H]1C=O)[C@@H](C)CC[C@@H]2O[Si](C(C)C)(C(C)C)C(C)C. The lowest BCUT2D eigenvalue weighted by molar-refractivity contribution is -0.115. The molecule has 0 bridgehead atoms. The van der Waals surface area contributed by atoms with Gasteiger partial charge in [-0.2, -0.15) is 0 Å². The molecular formula is C39H60O3Si2. The Balaban J connectivity index is 1.78. The molecule has 0 radical (unpaired) electrons. The lowest BCUT2D eigenvalue weighted by Gasteiger charge is -2.53. The molecule has 0 aliphatic heterocycles. The maximum atomic E-state index is 12.9. The molecule has 6 atom stereocenters. The number of carbonyl (C=O) groups is 1. The first-order chi connectivity index (χ1) is 20.7. The molecule has 44 heavy (non-hydrogen) atoms. The van der Waals surface area contributed by atoms with Gasteiger partial charge in [-0.3, -0.25) is 0 Å². The molecule has 2 aliphatic carbocycles. The molecule has 2 aliphatic rings. The number of hydrogen-bond acceptors (Lipinski definition) is 3. The average molecular weight is 633 g/mol. The van der Waals surface area contributed by atoms with E-state index in [2.05, 4.69) is 143 Å². The summed E-state index contributed by atoms with van der Waals surface area (Å²) >= 11 is 0. The molecule has 2 aromatic carbocycles. The number of benzene rings is 2. The van der Waals surface area contributed by atoms with Gasteiger partial charge in [0.25, 0.3) is 8.32 Å². The van der Waals surface area contributed by atoms with E-state index < -0.39 is 16.6 Å². The molecule has 0 unspecified atom stereocenters. The Morgan fingerprint density at radius 2 is 1.34 bits per heavy atom. The second kappa shape index (κ2) is 13.9. The van der Waals surface area contributed by atoms with Crippen molar-refractivity contribution >= 4 is 33.3 Å². The summed E-state index contributed by atoms with van der Waals surface area (Å²) in [5.74, 6) is 1.17. The van der Waals surface area contributed by atoms with E-state index in [1.807, 2.05) is 0 Å². The predicted octanol–water partition coefficient (Wildman–Crippen LogP) is 9.18. The summed E-state index contributed by atoms with van der Waals surface area (Å²) in [5, 5.41) is 2.48. The van der Waals surface area contributed by atoms with Gasteiger partial charge in [-0.25, -0.2) is 0 Å². The Labute approximate surface area is 271 Å². The van der Waals surface area contributed by atoms with Gasteiger partial charge in [0.05, 0.1) is 6.10 Å². The van der Waals surface area contributed by atoms with E-state index in [4.69, 9.17) is 8.85 Å². The van der Waals surface area contributed by atoms with Crippen LogP contribution in [0.15, 0.2) is 72.3 Å². The molecule has 242 valence electrons. The van der Waals surface area contributed by atoms with E-state index >= 15 is 0 Å². The lowest BCUT2D eigenvalue weighted by Crippen LogP contribution is -2.67. The summed E-state index contributed by atoms with van der Waals surface area (Å²) in [7, 11) is -4.80. The summed E-state index contributed by atoms with van der Waals surface area (Å²) in [5.41, 5.74) is 2.84. The zero-order valence-corrected chi connectivity index (χ0v) is 31.5. The summed E-state index contributed by atoms with van der Waals surface area (Å²) in [6.45, 7) is 26.5. The van der Waals surface area contributed by atoms with Crippen LogP contribution in [0.1, 0.15) is 89.0 Å². The Morgan fingerprint density at radius 3 is 1.77 bits per heavy atom. The van der Waals surface area contributed by atoms with Gasteiger partial charge in [0.2, 0.25) is 8.32 Å². The van der Waals surface area contributed by atoms with Crippen molar-refractivity contribution in [2.75, 3.05) is 6.61 Å². The predicted molar refractivity (Wildman–Crippen MR) is 192 cm³/mol. The molecule has 1 fully saturated rings. The number of fused-ring (bicyclic) bond motifs is 1. The highest BCUT2D eigenvalue weighted by Gasteiger charge is 2.54. The lowest BCUT2D eigenvalue weighted by atomic mass is 9.59. The van der Waals surface area contributed by atoms with E-state index in [1.165, 1.54) is 22.2 Å². The zero-order chi connectivity index (χ0) is 32.4. The third-order valence-corrected chi connectivity index (χ3v) is 22.6. The van der Waals surface area contributed by atoms with Gasteiger partial charge in [-0.15, -0.1) is 0 Å². The molecule has 3 nitrogen and oxygen atoms in total. The Hall–Kier alpha value is -1.80. The van der Waals surface area contributed by atoms with E-state index in [-0.39, 0.29) is 23.0 Å². The molecule has 0 N–H and O–H groups in total. The van der Waals surface area contributed by atoms with E-state index in [0.717, 1.165) is 12.8 Å². The van der Waals surface area contributed by atoms with Crippen LogP contribution >= 0.6 is 0 Å². The van der Waals surface area contributed by atoms with Gasteiger partial charge < -0.3 is 13.6 Å². The van der Waals surface area contributed by atoms with Crippen LogP contribution in [0.4, 0.5) is 0 Å². The van der Waals surface area contributed by atoms with Crippen molar-refractivity contribution in [1.29, 1.82) is 0 Å². The van der Waals surface area contributed by atoms with Crippen LogP contribution in [0.2, 0.25) is 21.7 Å². The van der Waals surface area contributed by atoms with E-state index in [9.17, 15) is 4.79 Å². The van der Waals surface area contributed by atoms with Crippen LogP contribution in [0.5, 0.6) is 0 Å². The van der Waals surface area contributed by atoms with Crippen LogP contribution in [0, 0.1) is 29.6 Å². The molecule has 0 amide bonds. The van der Waals surface area contributed by atoms with E-state index in [1.54, 1.807) is 0 Å². The molecule has 5 heteroatoms. The number of hydrogen-bond donors (Lipinski definition) is 0. The minimum absolute atomic E-state index is 0.105. The fourth-order valence-corrected chi connectivity index (χ4v) is 19.8. The maximum Gasteiger partial charge on any atom is 0.261 e. The van der Waals surface area contributed by atoms with Crippen LogP contribution in [0.3, 0.4) is 0 Å². The second-order valence-electron chi connectivity index (χ2n) is 15.9. The molecular weight excluding hydrogens is 573 g/mol. The molecule has 0 heterocycles. The zero-order valence-electron chi connectivity index (χ0n) is 29.5. The van der Waals surface area contributed by atoms with Crippen molar-refractivity contribution < 1.29 is 13.6 Å². The van der Waals surface area contributed by atoms with Gasteiger partial charge >= 0.3 is 0 Å². The van der Waals surface area contributed by atoms with Gasteiger partial charge in [0.1, 0.15) is 6.29 Å². The Morgan fingerprint density at radius 1 is 0.841 bits per heavy atom.